The standard InChI is InChI=1S/C12H17N5O2/c18-17(19)10-7-13-11(14-8-10)16-9-2-5-15-12(6-9)3-1-4-12/h7-9,15H,1-6H2,(H,13,14,16). The summed E-state index contributed by atoms with van der Waals surface area (Å²) in [6, 6.07) is 0.350. The lowest BCUT2D eigenvalue weighted by Gasteiger charge is -2.48. The number of nitrogens with zero attached hydrogens (tertiary/aromatic N) is 3. The van der Waals surface area contributed by atoms with Crippen LogP contribution in [0, 0.1) is 10.1 Å². The Balaban J connectivity index is 1.62. The molecule has 1 aromatic heterocycles. The Bertz CT molecular complexity index is 472. The maximum atomic E-state index is 10.5. The highest BCUT2D eigenvalue weighted by atomic mass is 16.6. The Morgan fingerprint density at radius 3 is 2.74 bits per heavy atom. The molecule has 19 heavy (non-hydrogen) atoms. The molecular formula is C12H17N5O2. The van der Waals surface area contributed by atoms with Crippen LogP contribution in [-0.2, 0) is 0 Å². The first-order valence-electron chi connectivity index (χ1n) is 6.65. The van der Waals surface area contributed by atoms with Crippen LogP contribution in [0.2, 0.25) is 0 Å². The van der Waals surface area contributed by atoms with E-state index in [1.54, 1.807) is 0 Å². The Morgan fingerprint density at radius 2 is 2.16 bits per heavy atom. The summed E-state index contributed by atoms with van der Waals surface area (Å²) in [5.41, 5.74) is 0.239. The lowest BCUT2D eigenvalue weighted by atomic mass is 9.70. The fourth-order valence-electron chi connectivity index (χ4n) is 2.94. The smallest absolute Gasteiger partial charge is 0.305 e. The molecule has 0 aromatic carbocycles. The van der Waals surface area contributed by atoms with Gasteiger partial charge in [0.2, 0.25) is 5.95 Å². The lowest BCUT2D eigenvalue weighted by Crippen LogP contribution is -2.58. The van der Waals surface area contributed by atoms with E-state index in [0.29, 0.717) is 17.5 Å². The predicted molar refractivity (Wildman–Crippen MR) is 69.9 cm³/mol. The van der Waals surface area contributed by atoms with Crippen LogP contribution >= 0.6 is 0 Å². The summed E-state index contributed by atoms with van der Waals surface area (Å²) in [5.74, 6) is 0.479. The van der Waals surface area contributed by atoms with Gasteiger partial charge >= 0.3 is 5.69 Å². The highest BCUT2D eigenvalue weighted by molar-refractivity contribution is 5.32. The average Bonchev–Trinajstić information content (AvgIpc) is 2.38. The van der Waals surface area contributed by atoms with Crippen molar-refractivity contribution in [2.24, 2.45) is 0 Å². The number of rotatable bonds is 3. The van der Waals surface area contributed by atoms with Gasteiger partial charge in [0.25, 0.3) is 0 Å². The maximum Gasteiger partial charge on any atom is 0.305 e. The van der Waals surface area contributed by atoms with Crippen LogP contribution in [0.1, 0.15) is 32.1 Å². The highest BCUT2D eigenvalue weighted by Crippen LogP contribution is 2.38. The average molecular weight is 263 g/mol. The molecule has 2 fully saturated rings. The lowest BCUT2D eigenvalue weighted by molar-refractivity contribution is -0.385. The van der Waals surface area contributed by atoms with E-state index in [1.807, 2.05) is 0 Å². The summed E-state index contributed by atoms with van der Waals surface area (Å²) >= 11 is 0. The first-order valence-corrected chi connectivity index (χ1v) is 6.65. The molecule has 2 N–H and O–H groups in total. The molecular weight excluding hydrogens is 246 g/mol. The molecule has 0 amide bonds. The molecule has 1 spiro atoms. The summed E-state index contributed by atoms with van der Waals surface area (Å²) < 4.78 is 0. The molecule has 3 rings (SSSR count). The van der Waals surface area contributed by atoms with Crippen molar-refractivity contribution in [1.82, 2.24) is 15.3 Å². The molecule has 1 aromatic rings. The van der Waals surface area contributed by atoms with Gasteiger partial charge in [-0.25, -0.2) is 9.97 Å². The first kappa shape index (κ1) is 12.3. The largest absolute Gasteiger partial charge is 0.351 e. The van der Waals surface area contributed by atoms with Gasteiger partial charge in [0.1, 0.15) is 12.4 Å². The quantitative estimate of drug-likeness (QED) is 0.633. The molecule has 0 bridgehead atoms. The molecule has 1 saturated carbocycles. The number of aromatic nitrogens is 2. The Hall–Kier alpha value is -1.76. The molecule has 1 aliphatic carbocycles. The minimum absolute atomic E-state index is 0.0775. The third-order valence-corrected chi connectivity index (χ3v) is 4.12. The van der Waals surface area contributed by atoms with E-state index in [1.165, 1.54) is 31.7 Å². The van der Waals surface area contributed by atoms with E-state index in [9.17, 15) is 10.1 Å². The monoisotopic (exact) mass is 263 g/mol. The van der Waals surface area contributed by atoms with Gasteiger partial charge in [-0.2, -0.15) is 0 Å². The SMILES string of the molecule is O=[N+]([O-])c1cnc(NC2CCNC3(CCC3)C2)nc1. The molecule has 102 valence electrons. The van der Waals surface area contributed by atoms with Gasteiger partial charge in [0, 0.05) is 11.6 Å². The zero-order chi connectivity index (χ0) is 13.3. The van der Waals surface area contributed by atoms with Crippen molar-refractivity contribution in [3.63, 3.8) is 0 Å². The summed E-state index contributed by atoms with van der Waals surface area (Å²) in [7, 11) is 0. The van der Waals surface area contributed by atoms with Crippen LogP contribution in [-0.4, -0.2) is 33.0 Å². The second kappa shape index (κ2) is 4.73. The van der Waals surface area contributed by atoms with Gasteiger partial charge in [0.05, 0.1) is 4.92 Å². The fourth-order valence-corrected chi connectivity index (χ4v) is 2.94. The zero-order valence-electron chi connectivity index (χ0n) is 10.6. The van der Waals surface area contributed by atoms with Gasteiger partial charge in [-0.1, -0.05) is 0 Å². The number of piperidine rings is 1. The molecule has 7 heteroatoms. The molecule has 0 radical (unpaired) electrons. The van der Waals surface area contributed by atoms with E-state index in [2.05, 4.69) is 20.6 Å². The van der Waals surface area contributed by atoms with Crippen LogP contribution < -0.4 is 10.6 Å². The van der Waals surface area contributed by atoms with Crippen LogP contribution in [0.3, 0.4) is 0 Å². The van der Waals surface area contributed by atoms with Crippen molar-refractivity contribution in [2.45, 2.75) is 43.7 Å². The van der Waals surface area contributed by atoms with Gasteiger partial charge < -0.3 is 10.6 Å². The molecule has 1 unspecified atom stereocenters. The van der Waals surface area contributed by atoms with Gasteiger partial charge in [-0.3, -0.25) is 10.1 Å². The number of hydrogen-bond acceptors (Lipinski definition) is 6. The van der Waals surface area contributed by atoms with Crippen molar-refractivity contribution < 1.29 is 4.92 Å². The van der Waals surface area contributed by atoms with Crippen LogP contribution in [0.4, 0.5) is 11.6 Å². The predicted octanol–water partition coefficient (Wildman–Crippen LogP) is 1.47. The van der Waals surface area contributed by atoms with Crippen LogP contribution in [0.25, 0.3) is 0 Å². The van der Waals surface area contributed by atoms with Crippen molar-refractivity contribution in [3.05, 3.63) is 22.5 Å². The summed E-state index contributed by atoms with van der Waals surface area (Å²) in [6.45, 7) is 1.00. The minimum Gasteiger partial charge on any atom is -0.351 e. The molecule has 2 aliphatic rings. The number of hydrogen-bond donors (Lipinski definition) is 2. The Kier molecular flexibility index (Phi) is 3.06. The van der Waals surface area contributed by atoms with E-state index in [-0.39, 0.29) is 5.69 Å². The van der Waals surface area contributed by atoms with Crippen LogP contribution in [0.5, 0.6) is 0 Å². The van der Waals surface area contributed by atoms with E-state index in [0.717, 1.165) is 19.4 Å². The van der Waals surface area contributed by atoms with E-state index in [4.69, 9.17) is 0 Å². The first-order chi connectivity index (χ1) is 9.17. The number of nitro groups is 1. The van der Waals surface area contributed by atoms with E-state index < -0.39 is 4.92 Å². The van der Waals surface area contributed by atoms with Crippen molar-refractivity contribution in [2.75, 3.05) is 11.9 Å². The summed E-state index contributed by atoms with van der Waals surface area (Å²) in [6.07, 6.45) is 8.38. The second-order valence-electron chi connectivity index (χ2n) is 5.42. The number of nitrogens with one attached hydrogen (secondary N) is 2. The molecule has 7 nitrogen and oxygen atoms in total. The minimum atomic E-state index is -0.488. The van der Waals surface area contributed by atoms with Gasteiger partial charge in [-0.05, 0) is 38.6 Å². The van der Waals surface area contributed by atoms with E-state index >= 15 is 0 Å². The topological polar surface area (TPSA) is 93.0 Å². The Morgan fingerprint density at radius 1 is 1.42 bits per heavy atom. The normalized spacial score (nSPS) is 24.7. The van der Waals surface area contributed by atoms with Gasteiger partial charge in [-0.15, -0.1) is 0 Å². The second-order valence-corrected chi connectivity index (χ2v) is 5.42. The van der Waals surface area contributed by atoms with Crippen molar-refractivity contribution in [1.29, 1.82) is 0 Å². The van der Waals surface area contributed by atoms with Crippen molar-refractivity contribution >= 4 is 11.6 Å². The highest BCUT2D eigenvalue weighted by Gasteiger charge is 2.40. The third-order valence-electron chi connectivity index (χ3n) is 4.12. The number of anilines is 1. The Labute approximate surface area is 111 Å². The van der Waals surface area contributed by atoms with Gasteiger partial charge in [0.15, 0.2) is 0 Å². The maximum absolute atomic E-state index is 10.5. The van der Waals surface area contributed by atoms with Crippen molar-refractivity contribution in [3.8, 4) is 0 Å². The molecule has 2 heterocycles. The summed E-state index contributed by atoms with van der Waals surface area (Å²) in [4.78, 5) is 18.0. The molecule has 1 atom stereocenters. The summed E-state index contributed by atoms with van der Waals surface area (Å²) in [5, 5.41) is 17.4. The zero-order valence-corrected chi connectivity index (χ0v) is 10.6. The molecule has 1 saturated heterocycles. The fraction of sp³-hybridized carbons (Fsp3) is 0.667. The third kappa shape index (κ3) is 2.51. The van der Waals surface area contributed by atoms with Crippen LogP contribution in [0.15, 0.2) is 12.4 Å². The molecule has 1 aliphatic heterocycles.